The molecule has 32 heavy (non-hydrogen) atoms. The Morgan fingerprint density at radius 1 is 1.09 bits per heavy atom. The number of halogens is 2. The summed E-state index contributed by atoms with van der Waals surface area (Å²) < 4.78 is 39.6. The first-order chi connectivity index (χ1) is 15.2. The van der Waals surface area contributed by atoms with Crippen LogP contribution in [0.5, 0.6) is 0 Å². The molecule has 3 aromatic rings. The molecule has 0 unspecified atom stereocenters. The predicted molar refractivity (Wildman–Crippen MR) is 128 cm³/mol. The van der Waals surface area contributed by atoms with Crippen LogP contribution in [-0.4, -0.2) is 56.1 Å². The molecular weight excluding hydrogens is 473 g/mol. The van der Waals surface area contributed by atoms with E-state index in [9.17, 15) is 17.6 Å². The second-order valence-corrected chi connectivity index (χ2v) is 10.8. The van der Waals surface area contributed by atoms with Crippen LogP contribution in [0.25, 0.3) is 10.2 Å². The summed E-state index contributed by atoms with van der Waals surface area (Å²) in [6.45, 7) is 6.71. The fraction of sp³-hybridized carbons (Fsp3) is 0.364. The number of fused-ring (bicyclic) bond motifs is 1. The molecule has 1 amide bonds. The van der Waals surface area contributed by atoms with Crippen molar-refractivity contribution in [3.63, 3.8) is 0 Å². The van der Waals surface area contributed by atoms with E-state index in [4.69, 9.17) is 11.6 Å². The SMILES string of the molecule is CCN(CC)CCN(C(=O)CCS(=O)(=O)c1ccc(Cl)cc1)c1nc2ccc(F)cc2s1. The maximum absolute atomic E-state index is 13.6. The lowest BCUT2D eigenvalue weighted by molar-refractivity contribution is -0.118. The Morgan fingerprint density at radius 3 is 2.44 bits per heavy atom. The van der Waals surface area contributed by atoms with Crippen molar-refractivity contribution in [3.05, 3.63) is 53.3 Å². The van der Waals surface area contributed by atoms with Crippen molar-refractivity contribution in [2.24, 2.45) is 0 Å². The number of carbonyl (C=O) groups is 1. The molecule has 0 aliphatic rings. The van der Waals surface area contributed by atoms with Gasteiger partial charge in [-0.05, 0) is 55.6 Å². The minimum atomic E-state index is -3.64. The Kier molecular flexibility index (Phi) is 8.21. The average molecular weight is 498 g/mol. The molecule has 0 atom stereocenters. The van der Waals surface area contributed by atoms with E-state index in [0.717, 1.165) is 13.1 Å². The van der Waals surface area contributed by atoms with Crippen molar-refractivity contribution < 1.29 is 17.6 Å². The molecular formula is C22H25ClFN3O3S2. The standard InChI is InChI=1S/C22H25ClFN3O3S2/c1-3-26(4-2)12-13-27(22-25-19-10-7-17(24)15-20(19)31-22)21(28)11-14-32(29,30)18-8-5-16(23)6-9-18/h5-10,15H,3-4,11-14H2,1-2H3. The van der Waals surface area contributed by atoms with Gasteiger partial charge in [-0.2, -0.15) is 0 Å². The Hall–Kier alpha value is -2.07. The van der Waals surface area contributed by atoms with E-state index in [2.05, 4.69) is 9.88 Å². The van der Waals surface area contributed by atoms with Gasteiger partial charge in [0, 0.05) is 24.5 Å². The number of anilines is 1. The van der Waals surface area contributed by atoms with Gasteiger partial charge in [0.25, 0.3) is 0 Å². The molecule has 172 valence electrons. The lowest BCUT2D eigenvalue weighted by Gasteiger charge is -2.24. The highest BCUT2D eigenvalue weighted by molar-refractivity contribution is 7.91. The van der Waals surface area contributed by atoms with Crippen LogP contribution in [0.3, 0.4) is 0 Å². The topological polar surface area (TPSA) is 70.6 Å². The number of aromatic nitrogens is 1. The summed E-state index contributed by atoms with van der Waals surface area (Å²) in [5, 5.41) is 0.876. The van der Waals surface area contributed by atoms with Crippen LogP contribution in [0.15, 0.2) is 47.4 Å². The zero-order chi connectivity index (χ0) is 23.3. The van der Waals surface area contributed by atoms with Crippen LogP contribution >= 0.6 is 22.9 Å². The Balaban J connectivity index is 1.81. The van der Waals surface area contributed by atoms with Crippen LogP contribution in [0.4, 0.5) is 9.52 Å². The molecule has 6 nitrogen and oxygen atoms in total. The second kappa shape index (κ2) is 10.7. The van der Waals surface area contributed by atoms with E-state index in [0.29, 0.717) is 33.5 Å². The first kappa shape index (κ1) is 24.6. The van der Waals surface area contributed by atoms with Gasteiger partial charge in [-0.3, -0.25) is 9.69 Å². The average Bonchev–Trinajstić information content (AvgIpc) is 3.18. The van der Waals surface area contributed by atoms with Crippen molar-refractivity contribution in [3.8, 4) is 0 Å². The number of hydrogen-bond acceptors (Lipinski definition) is 6. The smallest absolute Gasteiger partial charge is 0.229 e. The van der Waals surface area contributed by atoms with E-state index >= 15 is 0 Å². The van der Waals surface area contributed by atoms with Crippen molar-refractivity contribution in [2.45, 2.75) is 25.2 Å². The summed E-state index contributed by atoms with van der Waals surface area (Å²) in [5.74, 6) is -1.04. The van der Waals surface area contributed by atoms with Crippen LogP contribution in [0, 0.1) is 5.82 Å². The molecule has 0 saturated carbocycles. The fourth-order valence-corrected chi connectivity index (χ4v) is 5.62. The molecule has 0 aliphatic carbocycles. The molecule has 1 aromatic heterocycles. The van der Waals surface area contributed by atoms with Gasteiger partial charge in [-0.15, -0.1) is 0 Å². The number of hydrogen-bond donors (Lipinski definition) is 0. The van der Waals surface area contributed by atoms with Crippen LogP contribution < -0.4 is 4.90 Å². The molecule has 1 heterocycles. The second-order valence-electron chi connectivity index (χ2n) is 7.20. The zero-order valence-corrected chi connectivity index (χ0v) is 20.3. The maximum atomic E-state index is 13.6. The van der Waals surface area contributed by atoms with Gasteiger partial charge in [0.05, 0.1) is 20.9 Å². The molecule has 0 bridgehead atoms. The van der Waals surface area contributed by atoms with Crippen LogP contribution in [0.1, 0.15) is 20.3 Å². The van der Waals surface area contributed by atoms with E-state index in [1.54, 1.807) is 6.07 Å². The maximum Gasteiger partial charge on any atom is 0.229 e. The number of rotatable bonds is 10. The lowest BCUT2D eigenvalue weighted by atomic mass is 10.3. The molecule has 10 heteroatoms. The quantitative estimate of drug-likeness (QED) is 0.408. The van der Waals surface area contributed by atoms with Crippen molar-refractivity contribution in [2.75, 3.05) is 36.8 Å². The summed E-state index contributed by atoms with van der Waals surface area (Å²) in [6, 6.07) is 10.2. The van der Waals surface area contributed by atoms with E-state index in [1.165, 1.54) is 52.6 Å². The van der Waals surface area contributed by atoms with E-state index in [-0.39, 0.29) is 28.8 Å². The number of benzene rings is 2. The monoisotopic (exact) mass is 497 g/mol. The van der Waals surface area contributed by atoms with Gasteiger partial charge in [0.2, 0.25) is 5.91 Å². The normalized spacial score (nSPS) is 11.9. The first-order valence-corrected chi connectivity index (χ1v) is 13.1. The lowest BCUT2D eigenvalue weighted by Crippen LogP contribution is -2.39. The first-order valence-electron chi connectivity index (χ1n) is 10.3. The number of thiazole rings is 1. The van der Waals surface area contributed by atoms with E-state index < -0.39 is 9.84 Å². The van der Waals surface area contributed by atoms with Gasteiger partial charge in [0.15, 0.2) is 15.0 Å². The summed E-state index contributed by atoms with van der Waals surface area (Å²) in [6.07, 6.45) is -0.187. The third-order valence-corrected chi connectivity index (χ3v) is 8.19. The molecule has 0 aliphatic heterocycles. The number of sulfone groups is 1. The summed E-state index contributed by atoms with van der Waals surface area (Å²) in [5.41, 5.74) is 0.598. The van der Waals surface area contributed by atoms with Crippen LogP contribution in [0.2, 0.25) is 5.02 Å². The Bertz CT molecular complexity index is 1180. The number of amides is 1. The minimum absolute atomic E-state index is 0.125. The molecule has 0 N–H and O–H groups in total. The molecule has 3 rings (SSSR count). The third-order valence-electron chi connectivity index (χ3n) is 5.16. The van der Waals surface area contributed by atoms with Crippen molar-refractivity contribution in [1.82, 2.24) is 9.88 Å². The highest BCUT2D eigenvalue weighted by Gasteiger charge is 2.23. The van der Waals surface area contributed by atoms with Gasteiger partial charge < -0.3 is 4.90 Å². The zero-order valence-electron chi connectivity index (χ0n) is 17.9. The van der Waals surface area contributed by atoms with Gasteiger partial charge in [-0.1, -0.05) is 36.8 Å². The summed E-state index contributed by atoms with van der Waals surface area (Å²) in [4.78, 5) is 21.4. The molecule has 0 fully saturated rings. The molecule has 2 aromatic carbocycles. The summed E-state index contributed by atoms with van der Waals surface area (Å²) in [7, 11) is -3.64. The van der Waals surface area contributed by atoms with Crippen LogP contribution in [-0.2, 0) is 14.6 Å². The largest absolute Gasteiger partial charge is 0.302 e. The Morgan fingerprint density at radius 2 is 1.78 bits per heavy atom. The van der Waals surface area contributed by atoms with Gasteiger partial charge in [0.1, 0.15) is 5.82 Å². The number of likely N-dealkylation sites (N-methyl/N-ethyl adjacent to an activating group) is 1. The highest BCUT2D eigenvalue weighted by atomic mass is 35.5. The van der Waals surface area contributed by atoms with E-state index in [1.807, 2.05) is 13.8 Å². The Labute approximate surface area is 196 Å². The minimum Gasteiger partial charge on any atom is -0.302 e. The molecule has 0 radical (unpaired) electrons. The third kappa shape index (κ3) is 6.04. The van der Waals surface area contributed by atoms with Crippen molar-refractivity contribution in [1.29, 1.82) is 0 Å². The predicted octanol–water partition coefficient (Wildman–Crippen LogP) is 4.63. The van der Waals surface area contributed by atoms with Gasteiger partial charge in [-0.25, -0.2) is 17.8 Å². The number of nitrogens with zero attached hydrogens (tertiary/aromatic N) is 3. The highest BCUT2D eigenvalue weighted by Crippen LogP contribution is 2.30. The molecule has 0 saturated heterocycles. The fourth-order valence-electron chi connectivity index (χ4n) is 3.23. The molecule has 0 spiro atoms. The van der Waals surface area contributed by atoms with Gasteiger partial charge >= 0.3 is 0 Å². The summed E-state index contributed by atoms with van der Waals surface area (Å²) >= 11 is 7.05. The number of carbonyl (C=O) groups excluding carboxylic acids is 1. The van der Waals surface area contributed by atoms with Crippen molar-refractivity contribution >= 4 is 54.0 Å².